The molecule has 3 rings (SSSR count). The van der Waals surface area contributed by atoms with Crippen molar-refractivity contribution >= 4 is 32.8 Å². The number of rotatable bonds is 6. The Bertz CT molecular complexity index is 829. The Labute approximate surface area is 149 Å². The lowest BCUT2D eigenvalue weighted by Crippen LogP contribution is -2.33. The van der Waals surface area contributed by atoms with Gasteiger partial charge >= 0.3 is 0 Å². The monoisotopic (exact) mass is 387 g/mol. The first-order chi connectivity index (χ1) is 11.7. The summed E-state index contributed by atoms with van der Waals surface area (Å²) in [5, 5.41) is 0.902. The zero-order valence-corrected chi connectivity index (χ0v) is 15.0. The highest BCUT2D eigenvalue weighted by Gasteiger charge is 2.20. The fraction of sp³-hybridized carbons (Fsp3) is 0.211. The average molecular weight is 388 g/mol. The van der Waals surface area contributed by atoms with Crippen molar-refractivity contribution in [1.29, 1.82) is 0 Å². The molecule has 1 amide bonds. The van der Waals surface area contributed by atoms with Gasteiger partial charge in [-0.2, -0.15) is 0 Å². The van der Waals surface area contributed by atoms with Crippen LogP contribution in [0.4, 0.5) is 0 Å². The largest absolute Gasteiger partial charge is 0.450 e. The third-order valence-corrected chi connectivity index (χ3v) is 4.40. The molecule has 0 atom stereocenters. The Hall–Kier alpha value is -2.11. The Morgan fingerprint density at radius 2 is 1.96 bits per heavy atom. The standard InChI is InChI=1S/C19H18BrNO3/c1-23-11-10-21(13-14-6-3-2-4-7-14)19(22)17-12-15-8-5-9-16(20)18(15)24-17/h2-9,12H,10-11,13H2,1H3. The van der Waals surface area contributed by atoms with Crippen LogP contribution in [0.3, 0.4) is 0 Å². The molecule has 3 aromatic rings. The van der Waals surface area contributed by atoms with Gasteiger partial charge in [0.1, 0.15) is 5.58 Å². The topological polar surface area (TPSA) is 42.7 Å². The summed E-state index contributed by atoms with van der Waals surface area (Å²) in [4.78, 5) is 14.6. The molecule has 0 saturated carbocycles. The Morgan fingerprint density at radius 1 is 1.17 bits per heavy atom. The third kappa shape index (κ3) is 3.68. The molecule has 0 aliphatic heterocycles. The molecule has 5 heteroatoms. The lowest BCUT2D eigenvalue weighted by Gasteiger charge is -2.21. The lowest BCUT2D eigenvalue weighted by molar-refractivity contribution is 0.0651. The van der Waals surface area contributed by atoms with E-state index in [-0.39, 0.29) is 5.91 Å². The van der Waals surface area contributed by atoms with Crippen molar-refractivity contribution in [1.82, 2.24) is 4.90 Å². The molecule has 124 valence electrons. The fourth-order valence-corrected chi connectivity index (χ4v) is 3.01. The number of benzene rings is 2. The van der Waals surface area contributed by atoms with Gasteiger partial charge in [0.05, 0.1) is 11.1 Å². The van der Waals surface area contributed by atoms with Crippen LogP contribution in [0.15, 0.2) is 63.5 Å². The maximum absolute atomic E-state index is 12.9. The molecule has 0 radical (unpaired) electrons. The van der Waals surface area contributed by atoms with Crippen LogP contribution in [-0.4, -0.2) is 31.1 Å². The number of nitrogens with zero attached hydrogens (tertiary/aromatic N) is 1. The maximum atomic E-state index is 12.9. The molecule has 0 fully saturated rings. The molecule has 0 N–H and O–H groups in total. The number of halogens is 1. The zero-order chi connectivity index (χ0) is 16.9. The van der Waals surface area contributed by atoms with E-state index in [0.717, 1.165) is 15.4 Å². The Kier molecular flexibility index (Phi) is 5.33. The van der Waals surface area contributed by atoms with Crippen LogP contribution < -0.4 is 0 Å². The van der Waals surface area contributed by atoms with Crippen molar-refractivity contribution in [3.05, 3.63) is 70.4 Å². The number of methoxy groups -OCH3 is 1. The summed E-state index contributed by atoms with van der Waals surface area (Å²) in [6, 6.07) is 17.4. The number of hydrogen-bond donors (Lipinski definition) is 0. The molecule has 2 aromatic carbocycles. The van der Waals surface area contributed by atoms with E-state index in [2.05, 4.69) is 15.9 Å². The number of fused-ring (bicyclic) bond motifs is 1. The number of hydrogen-bond acceptors (Lipinski definition) is 3. The van der Waals surface area contributed by atoms with Crippen molar-refractivity contribution in [2.24, 2.45) is 0 Å². The summed E-state index contributed by atoms with van der Waals surface area (Å²) < 4.78 is 11.8. The Balaban J connectivity index is 1.87. The average Bonchev–Trinajstić information content (AvgIpc) is 3.04. The first-order valence-corrected chi connectivity index (χ1v) is 8.48. The van der Waals surface area contributed by atoms with Crippen molar-refractivity contribution in [2.45, 2.75) is 6.54 Å². The van der Waals surface area contributed by atoms with Gasteiger partial charge in [-0.3, -0.25) is 4.79 Å². The number of carbonyl (C=O) groups excluding carboxylic acids is 1. The van der Waals surface area contributed by atoms with Crippen LogP contribution in [0.5, 0.6) is 0 Å². The molecule has 0 unspecified atom stereocenters. The minimum absolute atomic E-state index is 0.140. The number of ether oxygens (including phenoxy) is 1. The van der Waals surface area contributed by atoms with Crippen molar-refractivity contribution in [3.63, 3.8) is 0 Å². The molecular weight excluding hydrogens is 370 g/mol. The molecule has 0 aliphatic carbocycles. The van der Waals surface area contributed by atoms with Crippen LogP contribution in [0.2, 0.25) is 0 Å². The van der Waals surface area contributed by atoms with E-state index in [9.17, 15) is 4.79 Å². The van der Waals surface area contributed by atoms with Crippen LogP contribution in [-0.2, 0) is 11.3 Å². The minimum atomic E-state index is -0.140. The molecule has 1 heterocycles. The lowest BCUT2D eigenvalue weighted by atomic mass is 10.2. The van der Waals surface area contributed by atoms with Gasteiger partial charge in [0.15, 0.2) is 5.76 Å². The summed E-state index contributed by atoms with van der Waals surface area (Å²) in [6.07, 6.45) is 0. The number of amides is 1. The van der Waals surface area contributed by atoms with Gasteiger partial charge in [-0.1, -0.05) is 42.5 Å². The Morgan fingerprint density at radius 3 is 2.67 bits per heavy atom. The van der Waals surface area contributed by atoms with E-state index in [1.165, 1.54) is 0 Å². The van der Waals surface area contributed by atoms with Crippen LogP contribution >= 0.6 is 15.9 Å². The highest BCUT2D eigenvalue weighted by molar-refractivity contribution is 9.10. The van der Waals surface area contributed by atoms with Crippen molar-refractivity contribution in [2.75, 3.05) is 20.3 Å². The van der Waals surface area contributed by atoms with Crippen molar-refractivity contribution in [3.8, 4) is 0 Å². The number of carbonyl (C=O) groups is 1. The van der Waals surface area contributed by atoms with Crippen LogP contribution in [0.1, 0.15) is 16.1 Å². The second-order valence-electron chi connectivity index (χ2n) is 5.47. The van der Waals surface area contributed by atoms with Gasteiger partial charge < -0.3 is 14.1 Å². The summed E-state index contributed by atoms with van der Waals surface area (Å²) >= 11 is 3.45. The molecule has 0 spiro atoms. The quantitative estimate of drug-likeness (QED) is 0.625. The van der Waals surface area contributed by atoms with E-state index in [1.54, 1.807) is 18.1 Å². The van der Waals surface area contributed by atoms with E-state index in [1.807, 2.05) is 48.5 Å². The predicted molar refractivity (Wildman–Crippen MR) is 97.0 cm³/mol. The minimum Gasteiger partial charge on any atom is -0.450 e. The second kappa shape index (κ2) is 7.64. The van der Waals surface area contributed by atoms with E-state index >= 15 is 0 Å². The highest BCUT2D eigenvalue weighted by Crippen LogP contribution is 2.27. The highest BCUT2D eigenvalue weighted by atomic mass is 79.9. The number of furan rings is 1. The van der Waals surface area contributed by atoms with Crippen molar-refractivity contribution < 1.29 is 13.9 Å². The molecule has 0 aliphatic rings. The SMILES string of the molecule is COCCN(Cc1ccccc1)C(=O)c1cc2cccc(Br)c2o1. The van der Waals surface area contributed by atoms with Crippen LogP contribution in [0, 0.1) is 0 Å². The van der Waals surface area contributed by atoms with Gasteiger partial charge in [0.2, 0.25) is 0 Å². The molecular formula is C19H18BrNO3. The van der Waals surface area contributed by atoms with Gasteiger partial charge in [0, 0.05) is 25.6 Å². The van der Waals surface area contributed by atoms with E-state index < -0.39 is 0 Å². The first kappa shape index (κ1) is 16.7. The second-order valence-corrected chi connectivity index (χ2v) is 6.33. The smallest absolute Gasteiger partial charge is 0.289 e. The van der Waals surface area contributed by atoms with Gasteiger partial charge in [-0.15, -0.1) is 0 Å². The molecule has 0 bridgehead atoms. The third-order valence-electron chi connectivity index (χ3n) is 3.78. The molecule has 0 saturated heterocycles. The zero-order valence-electron chi connectivity index (χ0n) is 13.4. The molecule has 1 aromatic heterocycles. The van der Waals surface area contributed by atoms with Gasteiger partial charge in [0.25, 0.3) is 5.91 Å². The fourth-order valence-electron chi connectivity index (χ4n) is 2.55. The summed E-state index contributed by atoms with van der Waals surface area (Å²) in [5.41, 5.74) is 1.76. The number of para-hydroxylation sites is 1. The summed E-state index contributed by atoms with van der Waals surface area (Å²) in [5.74, 6) is 0.197. The van der Waals surface area contributed by atoms with Gasteiger partial charge in [-0.05, 0) is 33.6 Å². The van der Waals surface area contributed by atoms with E-state index in [4.69, 9.17) is 9.15 Å². The van der Waals surface area contributed by atoms with Crippen LogP contribution in [0.25, 0.3) is 11.0 Å². The van der Waals surface area contributed by atoms with Gasteiger partial charge in [-0.25, -0.2) is 0 Å². The van der Waals surface area contributed by atoms with E-state index in [0.29, 0.717) is 31.0 Å². The maximum Gasteiger partial charge on any atom is 0.289 e. The molecule has 4 nitrogen and oxygen atoms in total. The summed E-state index contributed by atoms with van der Waals surface area (Å²) in [6.45, 7) is 1.49. The normalized spacial score (nSPS) is 10.9. The first-order valence-electron chi connectivity index (χ1n) is 7.69. The molecule has 24 heavy (non-hydrogen) atoms. The predicted octanol–water partition coefficient (Wildman–Crippen LogP) is 4.48. The summed E-state index contributed by atoms with van der Waals surface area (Å²) in [7, 11) is 1.63.